The van der Waals surface area contributed by atoms with Gasteiger partial charge < -0.3 is 20.4 Å². The molecule has 0 saturated carbocycles. The number of hydrogen-bond donors (Lipinski definition) is 2. The number of oxime groups is 1. The highest BCUT2D eigenvalue weighted by molar-refractivity contribution is 5.85. The molecule has 1 aromatic rings. The minimum atomic E-state index is -0.0885. The predicted molar refractivity (Wildman–Crippen MR) is 80.8 cm³/mol. The molecule has 2 heterocycles. The molecule has 0 aliphatic carbocycles. The molecule has 0 radical (unpaired) electrons. The third kappa shape index (κ3) is 3.15. The number of aromatic nitrogens is 2. The van der Waals surface area contributed by atoms with Crippen molar-refractivity contribution < 1.29 is 5.21 Å². The maximum Gasteiger partial charge on any atom is 0.293 e. The van der Waals surface area contributed by atoms with Crippen molar-refractivity contribution in [2.45, 2.75) is 19.4 Å². The molecule has 1 atom stereocenters. The normalized spacial score (nSPS) is 18.8. The third-order valence-electron chi connectivity index (χ3n) is 3.90. The van der Waals surface area contributed by atoms with Crippen molar-refractivity contribution in [2.24, 2.45) is 17.9 Å². The number of hydrogen-bond acceptors (Lipinski definition) is 6. The number of anilines is 1. The van der Waals surface area contributed by atoms with E-state index in [1.807, 2.05) is 11.8 Å². The van der Waals surface area contributed by atoms with E-state index in [1.165, 1.54) is 4.57 Å². The van der Waals surface area contributed by atoms with Crippen LogP contribution in [0.4, 0.5) is 5.82 Å². The lowest BCUT2D eigenvalue weighted by atomic mass is 10.1. The van der Waals surface area contributed by atoms with Crippen molar-refractivity contribution in [2.75, 3.05) is 31.1 Å². The third-order valence-corrected chi connectivity index (χ3v) is 3.90. The molecule has 1 aliphatic heterocycles. The highest BCUT2D eigenvalue weighted by Gasteiger charge is 2.26. The zero-order valence-electron chi connectivity index (χ0n) is 12.4. The molecule has 1 saturated heterocycles. The quantitative estimate of drug-likeness (QED) is 0.334. The lowest BCUT2D eigenvalue weighted by Gasteiger charge is -2.38. The Labute approximate surface area is 123 Å². The predicted octanol–water partition coefficient (Wildman–Crippen LogP) is -0.573. The Balaban J connectivity index is 2.06. The van der Waals surface area contributed by atoms with E-state index in [0.29, 0.717) is 18.9 Å². The van der Waals surface area contributed by atoms with Crippen molar-refractivity contribution >= 4 is 11.7 Å². The van der Waals surface area contributed by atoms with Crippen LogP contribution < -0.4 is 16.2 Å². The number of nitrogens with two attached hydrogens (primary N) is 1. The first-order valence-electron chi connectivity index (χ1n) is 7.06. The van der Waals surface area contributed by atoms with Gasteiger partial charge in [-0.2, -0.15) is 0 Å². The molecule has 0 aromatic carbocycles. The van der Waals surface area contributed by atoms with Gasteiger partial charge in [0.05, 0.1) is 6.04 Å². The van der Waals surface area contributed by atoms with Crippen molar-refractivity contribution in [1.29, 1.82) is 0 Å². The molecule has 1 aromatic heterocycles. The Hall–Kier alpha value is -2.09. The molecule has 3 N–H and O–H groups in total. The number of piperazine rings is 1. The Morgan fingerprint density at radius 3 is 2.71 bits per heavy atom. The maximum absolute atomic E-state index is 12.1. The fourth-order valence-corrected chi connectivity index (χ4v) is 2.67. The number of rotatable bonds is 4. The summed E-state index contributed by atoms with van der Waals surface area (Å²) in [6.45, 7) is 4.88. The van der Waals surface area contributed by atoms with E-state index in [2.05, 4.69) is 15.0 Å². The van der Waals surface area contributed by atoms with Gasteiger partial charge in [-0.25, -0.2) is 4.98 Å². The van der Waals surface area contributed by atoms with Gasteiger partial charge in [0.2, 0.25) is 0 Å². The van der Waals surface area contributed by atoms with E-state index in [9.17, 15) is 4.79 Å². The fraction of sp³-hybridized carbons (Fsp3) is 0.615. The molecule has 21 heavy (non-hydrogen) atoms. The Kier molecular flexibility index (Phi) is 4.79. The summed E-state index contributed by atoms with van der Waals surface area (Å²) in [4.78, 5) is 20.4. The molecule has 8 nitrogen and oxygen atoms in total. The van der Waals surface area contributed by atoms with Crippen LogP contribution in [0.25, 0.3) is 0 Å². The fourth-order valence-electron chi connectivity index (χ4n) is 2.67. The molecular weight excluding hydrogens is 272 g/mol. The lowest BCUT2D eigenvalue weighted by Crippen LogP contribution is -2.55. The maximum atomic E-state index is 12.1. The SMILES string of the molecule is CCC(C(N)=NO)N1CCN(c2nccn(C)c2=O)CC1. The molecule has 116 valence electrons. The second-order valence-electron chi connectivity index (χ2n) is 5.14. The van der Waals surface area contributed by atoms with Gasteiger partial charge in [0, 0.05) is 45.6 Å². The van der Waals surface area contributed by atoms with Gasteiger partial charge in [-0.15, -0.1) is 0 Å². The molecule has 0 amide bonds. The lowest BCUT2D eigenvalue weighted by molar-refractivity contribution is 0.215. The van der Waals surface area contributed by atoms with Crippen LogP contribution in [-0.2, 0) is 7.05 Å². The van der Waals surface area contributed by atoms with Gasteiger partial charge in [0.15, 0.2) is 11.7 Å². The Morgan fingerprint density at radius 1 is 1.48 bits per heavy atom. The molecule has 1 aliphatic rings. The van der Waals surface area contributed by atoms with Crippen molar-refractivity contribution in [3.05, 3.63) is 22.7 Å². The molecule has 0 bridgehead atoms. The van der Waals surface area contributed by atoms with Crippen LogP contribution in [0.1, 0.15) is 13.3 Å². The van der Waals surface area contributed by atoms with E-state index >= 15 is 0 Å². The van der Waals surface area contributed by atoms with Crippen LogP contribution in [0, 0.1) is 0 Å². The molecule has 0 spiro atoms. The van der Waals surface area contributed by atoms with Gasteiger partial charge in [-0.1, -0.05) is 12.1 Å². The summed E-state index contributed by atoms with van der Waals surface area (Å²) in [7, 11) is 1.72. The van der Waals surface area contributed by atoms with E-state index in [-0.39, 0.29) is 17.4 Å². The van der Waals surface area contributed by atoms with Crippen molar-refractivity contribution in [3.63, 3.8) is 0 Å². The molecular formula is C13H22N6O2. The zero-order valence-corrected chi connectivity index (χ0v) is 12.4. The average molecular weight is 294 g/mol. The Morgan fingerprint density at radius 2 is 2.14 bits per heavy atom. The molecule has 8 heteroatoms. The largest absolute Gasteiger partial charge is 0.409 e. The smallest absolute Gasteiger partial charge is 0.293 e. The van der Waals surface area contributed by atoms with Gasteiger partial charge in [0.1, 0.15) is 0 Å². The van der Waals surface area contributed by atoms with E-state index in [0.717, 1.165) is 19.5 Å². The summed E-state index contributed by atoms with van der Waals surface area (Å²) in [5.41, 5.74) is 5.64. The minimum Gasteiger partial charge on any atom is -0.409 e. The van der Waals surface area contributed by atoms with Crippen molar-refractivity contribution in [3.8, 4) is 0 Å². The topological polar surface area (TPSA) is 100.0 Å². The first-order valence-corrected chi connectivity index (χ1v) is 7.06. The van der Waals surface area contributed by atoms with Crippen molar-refractivity contribution in [1.82, 2.24) is 14.5 Å². The van der Waals surface area contributed by atoms with Gasteiger partial charge in [-0.3, -0.25) is 9.69 Å². The van der Waals surface area contributed by atoms with Crippen LogP contribution in [0.2, 0.25) is 0 Å². The van der Waals surface area contributed by atoms with Crippen LogP contribution in [0.5, 0.6) is 0 Å². The highest BCUT2D eigenvalue weighted by Crippen LogP contribution is 2.12. The minimum absolute atomic E-state index is 0.0660. The van der Waals surface area contributed by atoms with Gasteiger partial charge in [0.25, 0.3) is 5.56 Å². The second-order valence-corrected chi connectivity index (χ2v) is 5.14. The Bertz CT molecular complexity index is 562. The van der Waals surface area contributed by atoms with E-state index in [4.69, 9.17) is 10.9 Å². The number of nitrogens with zero attached hydrogens (tertiary/aromatic N) is 5. The van der Waals surface area contributed by atoms with E-state index in [1.54, 1.807) is 19.4 Å². The first-order chi connectivity index (χ1) is 10.1. The van der Waals surface area contributed by atoms with Gasteiger partial charge in [-0.05, 0) is 6.42 Å². The molecule has 1 fully saturated rings. The number of amidine groups is 1. The zero-order chi connectivity index (χ0) is 15.4. The van der Waals surface area contributed by atoms with Crippen LogP contribution in [-0.4, -0.2) is 57.7 Å². The summed E-state index contributed by atoms with van der Waals surface area (Å²) in [6.07, 6.45) is 4.06. The second kappa shape index (κ2) is 6.57. The summed E-state index contributed by atoms with van der Waals surface area (Å²) >= 11 is 0. The van der Waals surface area contributed by atoms with Crippen LogP contribution in [0.3, 0.4) is 0 Å². The summed E-state index contributed by atoms with van der Waals surface area (Å²) < 4.78 is 1.53. The van der Waals surface area contributed by atoms with Crippen LogP contribution >= 0.6 is 0 Å². The molecule has 2 rings (SSSR count). The highest BCUT2D eigenvalue weighted by atomic mass is 16.4. The van der Waals surface area contributed by atoms with Gasteiger partial charge >= 0.3 is 0 Å². The summed E-state index contributed by atoms with van der Waals surface area (Å²) in [5, 5.41) is 11.9. The van der Waals surface area contributed by atoms with Crippen LogP contribution in [0.15, 0.2) is 22.3 Å². The molecule has 1 unspecified atom stereocenters. The average Bonchev–Trinajstić information content (AvgIpc) is 2.51. The standard InChI is InChI=1S/C13H22N6O2/c1-3-10(11(14)16-21)18-6-8-19(9-7-18)12-13(20)17(2)5-4-15-12/h4-5,10,21H,3,6-9H2,1-2H3,(H2,14,16). The number of aryl methyl sites for hydroxylation is 1. The van der Waals surface area contributed by atoms with E-state index < -0.39 is 0 Å². The monoisotopic (exact) mass is 294 g/mol. The first kappa shape index (κ1) is 15.3. The summed E-state index contributed by atoms with van der Waals surface area (Å²) in [5.74, 6) is 0.719. The summed E-state index contributed by atoms with van der Waals surface area (Å²) in [6, 6.07) is -0.0660.